The maximum absolute atomic E-state index is 13.6. The number of rotatable bonds is 4. The van der Waals surface area contributed by atoms with Crippen LogP contribution in [0.15, 0.2) is 47.4 Å². The zero-order valence-corrected chi connectivity index (χ0v) is 14.6. The molecule has 1 saturated heterocycles. The van der Waals surface area contributed by atoms with E-state index in [-0.39, 0.29) is 5.82 Å². The molecule has 2 aliphatic heterocycles. The number of benzene rings is 2. The lowest BCUT2D eigenvalue weighted by Crippen LogP contribution is -2.43. The highest BCUT2D eigenvalue weighted by atomic mass is 32.2. The quantitative estimate of drug-likeness (QED) is 0.895. The van der Waals surface area contributed by atoms with Crippen molar-refractivity contribution in [1.82, 2.24) is 5.32 Å². The number of nitrogens with one attached hydrogen (secondary N) is 1. The predicted octanol–water partition coefficient (Wildman–Crippen LogP) is 4.23. The van der Waals surface area contributed by atoms with Crippen LogP contribution in [0.2, 0.25) is 0 Å². The first-order valence-electron chi connectivity index (χ1n) is 8.77. The van der Waals surface area contributed by atoms with Crippen LogP contribution in [0.5, 0.6) is 0 Å². The summed E-state index contributed by atoms with van der Waals surface area (Å²) >= 11 is 1.95. The highest BCUT2D eigenvalue weighted by Gasteiger charge is 2.23. The van der Waals surface area contributed by atoms with Gasteiger partial charge in [0.1, 0.15) is 5.82 Å². The summed E-state index contributed by atoms with van der Waals surface area (Å²) in [4.78, 5) is 3.91. The minimum atomic E-state index is -0.150. The van der Waals surface area contributed by atoms with Gasteiger partial charge in [0.25, 0.3) is 0 Å². The number of piperidine rings is 1. The van der Waals surface area contributed by atoms with Gasteiger partial charge in [-0.25, -0.2) is 4.39 Å². The number of nitrogens with zero attached hydrogens (tertiary/aromatic N) is 1. The first-order chi connectivity index (χ1) is 11.8. The average Bonchev–Trinajstić information content (AvgIpc) is 3.08. The second kappa shape index (κ2) is 7.16. The zero-order chi connectivity index (χ0) is 16.4. The first-order valence-corrected chi connectivity index (χ1v) is 9.76. The van der Waals surface area contributed by atoms with E-state index in [2.05, 4.69) is 28.4 Å². The number of aryl methyl sites for hydroxylation is 1. The van der Waals surface area contributed by atoms with Gasteiger partial charge in [0, 0.05) is 28.9 Å². The second-order valence-corrected chi connectivity index (χ2v) is 7.77. The molecule has 126 valence electrons. The van der Waals surface area contributed by atoms with E-state index in [1.165, 1.54) is 28.0 Å². The molecular formula is C20H23FN2S. The lowest BCUT2D eigenvalue weighted by Gasteiger charge is -2.37. The molecule has 0 aromatic heterocycles. The molecule has 1 fully saturated rings. The molecule has 2 aromatic carbocycles. The molecule has 0 unspecified atom stereocenters. The molecule has 1 N–H and O–H groups in total. The summed E-state index contributed by atoms with van der Waals surface area (Å²) in [6.45, 7) is 2.89. The summed E-state index contributed by atoms with van der Waals surface area (Å²) < 4.78 is 13.6. The van der Waals surface area contributed by atoms with Crippen LogP contribution in [0.4, 0.5) is 10.1 Å². The number of anilines is 1. The van der Waals surface area contributed by atoms with E-state index in [0.717, 1.165) is 44.5 Å². The van der Waals surface area contributed by atoms with Crippen molar-refractivity contribution >= 4 is 17.4 Å². The molecule has 4 heteroatoms. The first kappa shape index (κ1) is 16.0. The Morgan fingerprint density at radius 2 is 2.00 bits per heavy atom. The summed E-state index contributed by atoms with van der Waals surface area (Å²) in [5, 5.41) is 3.45. The molecule has 0 atom stereocenters. The smallest absolute Gasteiger partial charge is 0.123 e. The van der Waals surface area contributed by atoms with Crippen LogP contribution in [0.1, 0.15) is 24.0 Å². The van der Waals surface area contributed by atoms with Crippen LogP contribution in [0, 0.1) is 5.82 Å². The molecule has 0 aliphatic carbocycles. The topological polar surface area (TPSA) is 15.3 Å². The molecule has 0 bridgehead atoms. The molecule has 0 spiro atoms. The molecule has 0 amide bonds. The molecule has 2 nitrogen and oxygen atoms in total. The SMILES string of the molecule is Fc1cccc(CN(c2ccc3c(c2)CCS3)C2CCNCC2)c1. The van der Waals surface area contributed by atoms with Crippen LogP contribution >= 0.6 is 11.8 Å². The minimum Gasteiger partial charge on any atom is -0.364 e. The van der Waals surface area contributed by atoms with Crippen molar-refractivity contribution in [3.63, 3.8) is 0 Å². The Labute approximate surface area is 147 Å². The van der Waals surface area contributed by atoms with Crippen molar-refractivity contribution in [3.05, 3.63) is 59.4 Å². The van der Waals surface area contributed by atoms with Crippen LogP contribution in [0.25, 0.3) is 0 Å². The third kappa shape index (κ3) is 3.45. The monoisotopic (exact) mass is 342 g/mol. The van der Waals surface area contributed by atoms with E-state index in [1.54, 1.807) is 6.07 Å². The van der Waals surface area contributed by atoms with Crippen molar-refractivity contribution in [3.8, 4) is 0 Å². The number of thioether (sulfide) groups is 1. The van der Waals surface area contributed by atoms with Crippen molar-refractivity contribution in [2.45, 2.75) is 36.7 Å². The Morgan fingerprint density at radius 3 is 2.83 bits per heavy atom. The van der Waals surface area contributed by atoms with E-state index < -0.39 is 0 Å². The Morgan fingerprint density at radius 1 is 1.12 bits per heavy atom. The fraction of sp³-hybridized carbons (Fsp3) is 0.400. The highest BCUT2D eigenvalue weighted by Crippen LogP contribution is 2.35. The molecular weight excluding hydrogens is 319 g/mol. The number of fused-ring (bicyclic) bond motifs is 1. The number of hydrogen-bond donors (Lipinski definition) is 1. The summed E-state index contributed by atoms with van der Waals surface area (Å²) in [7, 11) is 0. The molecule has 0 radical (unpaired) electrons. The summed E-state index contributed by atoms with van der Waals surface area (Å²) in [5.74, 6) is 1.04. The van der Waals surface area contributed by atoms with Gasteiger partial charge in [-0.3, -0.25) is 0 Å². The summed E-state index contributed by atoms with van der Waals surface area (Å²) in [5.41, 5.74) is 3.80. The normalized spacial score (nSPS) is 17.7. The number of halogens is 1. The number of hydrogen-bond acceptors (Lipinski definition) is 3. The van der Waals surface area contributed by atoms with Gasteiger partial charge in [-0.15, -0.1) is 11.8 Å². The van der Waals surface area contributed by atoms with E-state index in [4.69, 9.17) is 0 Å². The molecule has 0 saturated carbocycles. The summed E-state index contributed by atoms with van der Waals surface area (Å²) in [6, 6.07) is 14.4. The van der Waals surface area contributed by atoms with Crippen molar-refractivity contribution in [2.75, 3.05) is 23.7 Å². The minimum absolute atomic E-state index is 0.150. The van der Waals surface area contributed by atoms with Crippen molar-refractivity contribution in [2.24, 2.45) is 0 Å². The van der Waals surface area contributed by atoms with Gasteiger partial charge in [-0.05, 0) is 73.8 Å². The summed E-state index contributed by atoms with van der Waals surface area (Å²) in [6.07, 6.45) is 3.44. The van der Waals surface area contributed by atoms with Crippen molar-refractivity contribution in [1.29, 1.82) is 0 Å². The Hall–Kier alpha value is -1.52. The largest absolute Gasteiger partial charge is 0.364 e. The van der Waals surface area contributed by atoms with E-state index >= 15 is 0 Å². The highest BCUT2D eigenvalue weighted by molar-refractivity contribution is 7.99. The van der Waals surface area contributed by atoms with E-state index in [9.17, 15) is 4.39 Å². The van der Waals surface area contributed by atoms with E-state index in [0.29, 0.717) is 6.04 Å². The van der Waals surface area contributed by atoms with Gasteiger partial charge in [0.05, 0.1) is 0 Å². The average molecular weight is 342 g/mol. The fourth-order valence-corrected chi connectivity index (χ4v) is 4.79. The molecule has 2 aliphatic rings. The second-order valence-electron chi connectivity index (χ2n) is 6.63. The van der Waals surface area contributed by atoms with Gasteiger partial charge < -0.3 is 10.2 Å². The Bertz CT molecular complexity index is 713. The maximum atomic E-state index is 13.6. The molecule has 2 heterocycles. The van der Waals surface area contributed by atoms with Gasteiger partial charge in [-0.1, -0.05) is 12.1 Å². The predicted molar refractivity (Wildman–Crippen MR) is 99.3 cm³/mol. The van der Waals surface area contributed by atoms with Crippen LogP contribution in [-0.4, -0.2) is 24.9 Å². The zero-order valence-electron chi connectivity index (χ0n) is 13.8. The standard InChI is InChI=1S/C20H23FN2S/c21-17-3-1-2-15(12-17)14-23(18-6-9-22-10-7-18)19-4-5-20-16(13-19)8-11-24-20/h1-5,12-13,18,22H,6-11,14H2. The lowest BCUT2D eigenvalue weighted by atomic mass is 10.0. The maximum Gasteiger partial charge on any atom is 0.123 e. The van der Waals surface area contributed by atoms with Gasteiger partial charge in [0.15, 0.2) is 0 Å². The Kier molecular flexibility index (Phi) is 4.76. The van der Waals surface area contributed by atoms with Crippen LogP contribution < -0.4 is 10.2 Å². The third-order valence-electron chi connectivity index (χ3n) is 5.00. The Balaban J connectivity index is 1.64. The van der Waals surface area contributed by atoms with Gasteiger partial charge >= 0.3 is 0 Å². The van der Waals surface area contributed by atoms with Crippen LogP contribution in [-0.2, 0) is 13.0 Å². The van der Waals surface area contributed by atoms with Crippen molar-refractivity contribution < 1.29 is 4.39 Å². The van der Waals surface area contributed by atoms with Gasteiger partial charge in [-0.2, -0.15) is 0 Å². The molecule has 24 heavy (non-hydrogen) atoms. The molecule has 2 aromatic rings. The molecule has 4 rings (SSSR count). The third-order valence-corrected chi connectivity index (χ3v) is 6.11. The fourth-order valence-electron chi connectivity index (χ4n) is 3.73. The van der Waals surface area contributed by atoms with Gasteiger partial charge in [0.2, 0.25) is 0 Å². The van der Waals surface area contributed by atoms with Crippen LogP contribution in [0.3, 0.4) is 0 Å². The lowest BCUT2D eigenvalue weighted by molar-refractivity contribution is 0.428. The van der Waals surface area contributed by atoms with E-state index in [1.807, 2.05) is 23.9 Å².